The van der Waals surface area contributed by atoms with Crippen LogP contribution in [0, 0.1) is 11.8 Å². The maximum Gasteiger partial charge on any atom is 0.232 e. The Morgan fingerprint density at radius 2 is 1.15 bits per heavy atom. The first-order chi connectivity index (χ1) is 12.9. The normalized spacial score (nSPS) is 38.9. The highest BCUT2D eigenvalue weighted by Crippen LogP contribution is 2.75. The molecule has 0 unspecified atom stereocenters. The lowest BCUT2D eigenvalue weighted by molar-refractivity contribution is -0.222. The molecule has 0 radical (unpaired) electrons. The molecule has 2 aliphatic carbocycles. The molecule has 4 heteroatoms. The number of hydrogen-bond donors (Lipinski definition) is 0. The second kappa shape index (κ2) is 5.02. The van der Waals surface area contributed by atoms with E-state index in [1.807, 2.05) is 0 Å². The zero-order valence-corrected chi connectivity index (χ0v) is 14.7. The molecule has 2 heterocycles. The standard InChI is InChI=1S/C22H22N2O2/c1-3-8-16(9-4-1)20-18-12-7-13-19(18)21(24-23-20,17-10-5-2-6-11-17)22(20)25-14-15-26-22/h1-6,8-11,18-19H,7,12-15H2/t18-,19+,20-,21+. The highest BCUT2D eigenvalue weighted by Gasteiger charge is 2.85. The number of fused-ring (bicyclic) bond motifs is 3. The van der Waals surface area contributed by atoms with Gasteiger partial charge in [0.2, 0.25) is 5.79 Å². The van der Waals surface area contributed by atoms with Gasteiger partial charge in [-0.15, -0.1) is 0 Å². The highest BCUT2D eigenvalue weighted by molar-refractivity contribution is 5.46. The van der Waals surface area contributed by atoms with Crippen LogP contribution in [0.4, 0.5) is 0 Å². The van der Waals surface area contributed by atoms with Gasteiger partial charge in [0, 0.05) is 11.8 Å². The van der Waals surface area contributed by atoms with Crippen molar-refractivity contribution < 1.29 is 9.47 Å². The molecule has 2 aromatic rings. The molecule has 2 aliphatic heterocycles. The SMILES string of the molecule is c1ccc([C@@]23N=N[C@@](c4ccccc4)([C@H]4CCC[C@H]42)C32OCCO2)cc1. The summed E-state index contributed by atoms with van der Waals surface area (Å²) in [7, 11) is 0. The quantitative estimate of drug-likeness (QED) is 0.808. The van der Waals surface area contributed by atoms with Crippen LogP contribution in [0.15, 0.2) is 70.9 Å². The lowest BCUT2D eigenvalue weighted by Crippen LogP contribution is -2.56. The molecular formula is C22H22N2O2. The second-order valence-electron chi connectivity index (χ2n) is 7.92. The molecule has 6 rings (SSSR count). The van der Waals surface area contributed by atoms with Gasteiger partial charge in [0.1, 0.15) is 0 Å². The van der Waals surface area contributed by atoms with Gasteiger partial charge in [-0.25, -0.2) is 0 Å². The lowest BCUT2D eigenvalue weighted by atomic mass is 9.74. The Kier molecular flexibility index (Phi) is 2.91. The Balaban J connectivity index is 1.68. The van der Waals surface area contributed by atoms with Crippen LogP contribution in [0.5, 0.6) is 0 Å². The monoisotopic (exact) mass is 346 g/mol. The van der Waals surface area contributed by atoms with Crippen molar-refractivity contribution in [1.29, 1.82) is 0 Å². The molecule has 132 valence electrons. The third-order valence-electron chi connectivity index (χ3n) is 7.08. The molecule has 0 N–H and O–H groups in total. The van der Waals surface area contributed by atoms with Crippen LogP contribution < -0.4 is 0 Å². The Morgan fingerprint density at radius 3 is 1.62 bits per heavy atom. The topological polar surface area (TPSA) is 43.2 Å². The zero-order chi connectivity index (χ0) is 17.2. The third-order valence-corrected chi connectivity index (χ3v) is 7.08. The molecule has 1 spiro atoms. The fraction of sp³-hybridized carbons (Fsp3) is 0.455. The van der Waals surface area contributed by atoms with E-state index < -0.39 is 16.9 Å². The van der Waals surface area contributed by atoms with Gasteiger partial charge in [-0.3, -0.25) is 0 Å². The molecule has 2 bridgehead atoms. The van der Waals surface area contributed by atoms with E-state index >= 15 is 0 Å². The molecule has 3 fully saturated rings. The van der Waals surface area contributed by atoms with Gasteiger partial charge in [0.25, 0.3) is 0 Å². The first-order valence-electron chi connectivity index (χ1n) is 9.68. The van der Waals surface area contributed by atoms with Crippen molar-refractivity contribution >= 4 is 0 Å². The van der Waals surface area contributed by atoms with Gasteiger partial charge in [0.05, 0.1) is 13.2 Å². The number of rotatable bonds is 2. The molecule has 1 saturated heterocycles. The van der Waals surface area contributed by atoms with E-state index in [9.17, 15) is 0 Å². The predicted octanol–water partition coefficient (Wildman–Crippen LogP) is 4.42. The summed E-state index contributed by atoms with van der Waals surface area (Å²) in [6.45, 7) is 1.21. The Labute approximate surface area is 153 Å². The summed E-state index contributed by atoms with van der Waals surface area (Å²) in [6.07, 6.45) is 3.53. The van der Waals surface area contributed by atoms with Crippen LogP contribution in [0.2, 0.25) is 0 Å². The third kappa shape index (κ3) is 1.44. The van der Waals surface area contributed by atoms with Crippen LogP contribution >= 0.6 is 0 Å². The predicted molar refractivity (Wildman–Crippen MR) is 96.6 cm³/mol. The summed E-state index contributed by atoms with van der Waals surface area (Å²) in [5, 5.41) is 10.0. The van der Waals surface area contributed by atoms with Gasteiger partial charge in [-0.2, -0.15) is 10.2 Å². The van der Waals surface area contributed by atoms with Crippen molar-refractivity contribution in [1.82, 2.24) is 0 Å². The average Bonchev–Trinajstić information content (AvgIpc) is 3.47. The van der Waals surface area contributed by atoms with Gasteiger partial charge in [-0.05, 0) is 24.0 Å². The Morgan fingerprint density at radius 1 is 0.692 bits per heavy atom. The summed E-state index contributed by atoms with van der Waals surface area (Å²) in [4.78, 5) is 0. The molecule has 0 aromatic heterocycles. The minimum absolute atomic E-state index is 0.403. The number of benzene rings is 2. The van der Waals surface area contributed by atoms with Crippen molar-refractivity contribution in [3.05, 3.63) is 71.8 Å². The van der Waals surface area contributed by atoms with Gasteiger partial charge < -0.3 is 9.47 Å². The first kappa shape index (κ1) is 15.1. The van der Waals surface area contributed by atoms with Crippen LogP contribution in [0.25, 0.3) is 0 Å². The summed E-state index contributed by atoms with van der Waals surface area (Å²) in [5.41, 5.74) is 1.28. The van der Waals surface area contributed by atoms with E-state index in [0.717, 1.165) is 12.8 Å². The first-order valence-corrected chi connectivity index (χ1v) is 9.68. The molecular weight excluding hydrogens is 324 g/mol. The van der Waals surface area contributed by atoms with Crippen LogP contribution in [0.3, 0.4) is 0 Å². The minimum atomic E-state index is -0.821. The maximum absolute atomic E-state index is 6.53. The van der Waals surface area contributed by atoms with Crippen molar-refractivity contribution in [3.63, 3.8) is 0 Å². The molecule has 2 saturated carbocycles. The van der Waals surface area contributed by atoms with E-state index in [0.29, 0.717) is 25.0 Å². The van der Waals surface area contributed by atoms with Crippen molar-refractivity contribution in [2.45, 2.75) is 36.1 Å². The van der Waals surface area contributed by atoms with Gasteiger partial charge in [-0.1, -0.05) is 67.1 Å². The van der Waals surface area contributed by atoms with Crippen LogP contribution in [-0.4, -0.2) is 19.0 Å². The smallest absolute Gasteiger partial charge is 0.232 e. The minimum Gasteiger partial charge on any atom is -0.343 e. The number of hydrogen-bond acceptors (Lipinski definition) is 4. The van der Waals surface area contributed by atoms with Gasteiger partial charge >= 0.3 is 0 Å². The Hall–Kier alpha value is -2.04. The molecule has 4 atom stereocenters. The molecule has 2 aromatic carbocycles. The van der Waals surface area contributed by atoms with Gasteiger partial charge in [0.15, 0.2) is 11.1 Å². The molecule has 4 aliphatic rings. The highest BCUT2D eigenvalue weighted by atomic mass is 16.7. The summed E-state index contributed by atoms with van der Waals surface area (Å²) >= 11 is 0. The van der Waals surface area contributed by atoms with Crippen LogP contribution in [-0.2, 0) is 20.6 Å². The maximum atomic E-state index is 6.53. The van der Waals surface area contributed by atoms with E-state index in [-0.39, 0.29) is 0 Å². The molecule has 26 heavy (non-hydrogen) atoms. The van der Waals surface area contributed by atoms with Crippen molar-refractivity contribution in [2.24, 2.45) is 22.1 Å². The van der Waals surface area contributed by atoms with Crippen molar-refractivity contribution in [2.75, 3.05) is 13.2 Å². The fourth-order valence-corrected chi connectivity index (χ4v) is 6.34. The summed E-state index contributed by atoms with van der Waals surface area (Å²) in [6, 6.07) is 21.2. The van der Waals surface area contributed by atoms with E-state index in [1.165, 1.54) is 17.5 Å². The summed E-state index contributed by atoms with van der Waals surface area (Å²) < 4.78 is 13.1. The lowest BCUT2D eigenvalue weighted by Gasteiger charge is -2.42. The number of azo groups is 1. The van der Waals surface area contributed by atoms with Crippen molar-refractivity contribution in [3.8, 4) is 0 Å². The molecule has 4 nitrogen and oxygen atoms in total. The Bertz CT molecular complexity index is 797. The summed E-state index contributed by atoms with van der Waals surface area (Å²) in [5.74, 6) is -0.0141. The van der Waals surface area contributed by atoms with E-state index in [2.05, 4.69) is 60.7 Å². The number of nitrogens with zero attached hydrogens (tertiary/aromatic N) is 2. The molecule has 0 amide bonds. The van der Waals surface area contributed by atoms with E-state index in [1.54, 1.807) is 0 Å². The average molecular weight is 346 g/mol. The van der Waals surface area contributed by atoms with E-state index in [4.69, 9.17) is 19.7 Å². The number of ether oxygens (including phenoxy) is 2. The zero-order valence-electron chi connectivity index (χ0n) is 14.7. The fourth-order valence-electron chi connectivity index (χ4n) is 6.34. The van der Waals surface area contributed by atoms with Crippen LogP contribution in [0.1, 0.15) is 30.4 Å². The largest absolute Gasteiger partial charge is 0.343 e. The second-order valence-corrected chi connectivity index (χ2v) is 7.92.